The number of hydrogen-bond donors (Lipinski definition) is 1. The van der Waals surface area contributed by atoms with Gasteiger partial charge in [0, 0.05) is 6.42 Å². The van der Waals surface area contributed by atoms with Crippen molar-refractivity contribution in [2.24, 2.45) is 0 Å². The van der Waals surface area contributed by atoms with Gasteiger partial charge in [0.2, 0.25) is 0 Å². The van der Waals surface area contributed by atoms with Crippen LogP contribution < -0.4 is 4.89 Å². The predicted molar refractivity (Wildman–Crippen MR) is 194 cm³/mol. The lowest BCUT2D eigenvalue weighted by atomic mass is 10.0. The van der Waals surface area contributed by atoms with Gasteiger partial charge < -0.3 is 28.3 Å². The molecule has 0 aromatic rings. The van der Waals surface area contributed by atoms with E-state index < -0.39 is 26.5 Å². The summed E-state index contributed by atoms with van der Waals surface area (Å²) in [5.41, 5.74) is 0. The highest BCUT2D eigenvalue weighted by atomic mass is 31.2. The standard InChI is InChI=1S/C38H68NO7P/c1-5-6-7-8-9-10-11-12-13-14-15-16-17-18-19-20-21-22-23-24-25-26-27-28-29-30-31-32-38(41)44-35-37(40)36-46-47(42,43)45-34-33-39(2,3)4/h6-7,9-10,12-13,15-16,18-19,37,40H,5,8,11,14,17,20-36H2,1-4H3/b7-6-,10-9-,13-12-,16-15-,19-18-. The number of hydrogen-bond acceptors (Lipinski definition) is 7. The Bertz CT molecular complexity index is 937. The molecule has 9 heteroatoms. The van der Waals surface area contributed by atoms with Crippen LogP contribution in [0.4, 0.5) is 0 Å². The Hall–Kier alpha value is -1.80. The van der Waals surface area contributed by atoms with E-state index in [2.05, 4.69) is 72.2 Å². The second-order valence-corrected chi connectivity index (χ2v) is 14.5. The lowest BCUT2D eigenvalue weighted by molar-refractivity contribution is -0.870. The van der Waals surface area contributed by atoms with Crippen molar-refractivity contribution in [2.45, 2.75) is 129 Å². The fourth-order valence-electron chi connectivity index (χ4n) is 4.44. The molecule has 0 fully saturated rings. The molecule has 0 aromatic heterocycles. The van der Waals surface area contributed by atoms with Gasteiger partial charge in [0.25, 0.3) is 7.82 Å². The molecule has 0 radical (unpaired) electrons. The third kappa shape index (κ3) is 36.9. The Morgan fingerprint density at radius 2 is 1.13 bits per heavy atom. The first-order valence-electron chi connectivity index (χ1n) is 18.0. The van der Waals surface area contributed by atoms with Crippen LogP contribution in [0.25, 0.3) is 0 Å². The van der Waals surface area contributed by atoms with Crippen molar-refractivity contribution in [1.29, 1.82) is 0 Å². The third-order valence-corrected chi connectivity index (χ3v) is 8.25. The number of nitrogens with zero attached hydrogens (tertiary/aromatic N) is 1. The van der Waals surface area contributed by atoms with Crippen molar-refractivity contribution in [3.8, 4) is 0 Å². The summed E-state index contributed by atoms with van der Waals surface area (Å²) < 4.78 is 26.8. The summed E-state index contributed by atoms with van der Waals surface area (Å²) in [6.45, 7) is 1.82. The number of quaternary nitrogens is 1. The van der Waals surface area contributed by atoms with Gasteiger partial charge in [-0.1, -0.05) is 125 Å². The number of allylic oxidation sites excluding steroid dienone is 10. The van der Waals surface area contributed by atoms with Crippen LogP contribution in [-0.2, 0) is 23.1 Å². The van der Waals surface area contributed by atoms with Gasteiger partial charge in [-0.25, -0.2) is 0 Å². The zero-order valence-corrected chi connectivity index (χ0v) is 31.1. The molecule has 8 nitrogen and oxygen atoms in total. The smallest absolute Gasteiger partial charge is 0.305 e. The summed E-state index contributed by atoms with van der Waals surface area (Å²) in [6.07, 6.45) is 40.8. The van der Waals surface area contributed by atoms with E-state index in [9.17, 15) is 19.4 Å². The van der Waals surface area contributed by atoms with Gasteiger partial charge in [-0.05, 0) is 51.4 Å². The Balaban J connectivity index is 3.51. The molecule has 0 spiro atoms. The number of esters is 1. The molecule has 2 atom stereocenters. The van der Waals surface area contributed by atoms with Crippen LogP contribution in [0.1, 0.15) is 122 Å². The van der Waals surface area contributed by atoms with Crippen LogP contribution >= 0.6 is 7.82 Å². The molecule has 0 rings (SSSR count). The first-order valence-corrected chi connectivity index (χ1v) is 19.5. The highest BCUT2D eigenvalue weighted by Crippen LogP contribution is 2.38. The third-order valence-electron chi connectivity index (χ3n) is 7.28. The molecular formula is C38H68NO7P. The van der Waals surface area contributed by atoms with Crippen molar-refractivity contribution in [3.05, 3.63) is 60.8 Å². The largest absolute Gasteiger partial charge is 0.756 e. The average molecular weight is 682 g/mol. The summed E-state index contributed by atoms with van der Waals surface area (Å²) in [7, 11) is 1.24. The van der Waals surface area contributed by atoms with E-state index in [-0.39, 0.29) is 13.2 Å². The second-order valence-electron chi connectivity index (χ2n) is 13.1. The maximum absolute atomic E-state index is 11.9. The zero-order chi connectivity index (χ0) is 34.9. The van der Waals surface area contributed by atoms with Crippen molar-refractivity contribution >= 4 is 13.8 Å². The molecule has 0 aromatic carbocycles. The molecule has 0 bridgehead atoms. The first kappa shape index (κ1) is 45.2. The Morgan fingerprint density at radius 3 is 1.62 bits per heavy atom. The molecule has 2 unspecified atom stereocenters. The molecule has 0 aliphatic heterocycles. The minimum Gasteiger partial charge on any atom is -0.756 e. The minimum absolute atomic E-state index is 0.0111. The Labute approximate surface area is 287 Å². The van der Waals surface area contributed by atoms with Crippen LogP contribution in [0.2, 0.25) is 0 Å². The molecule has 0 saturated carbocycles. The van der Waals surface area contributed by atoms with Gasteiger partial charge in [0.15, 0.2) is 0 Å². The number of phosphoric acid groups is 1. The summed E-state index contributed by atoms with van der Waals surface area (Å²) in [5, 5.41) is 9.86. The van der Waals surface area contributed by atoms with Crippen LogP contribution in [0.3, 0.4) is 0 Å². The molecule has 0 saturated heterocycles. The fourth-order valence-corrected chi connectivity index (χ4v) is 5.18. The highest BCUT2D eigenvalue weighted by molar-refractivity contribution is 7.45. The number of rotatable bonds is 32. The van der Waals surface area contributed by atoms with Gasteiger partial charge in [0.1, 0.15) is 25.9 Å². The van der Waals surface area contributed by atoms with Crippen molar-refractivity contribution < 1.29 is 37.6 Å². The maximum Gasteiger partial charge on any atom is 0.305 e. The van der Waals surface area contributed by atoms with Crippen molar-refractivity contribution in [2.75, 3.05) is 47.5 Å². The van der Waals surface area contributed by atoms with Crippen molar-refractivity contribution in [3.63, 3.8) is 0 Å². The van der Waals surface area contributed by atoms with Gasteiger partial charge >= 0.3 is 5.97 Å². The molecule has 272 valence electrons. The Morgan fingerprint density at radius 1 is 0.681 bits per heavy atom. The molecule has 1 N–H and O–H groups in total. The van der Waals surface area contributed by atoms with E-state index >= 15 is 0 Å². The minimum atomic E-state index is -4.50. The van der Waals surface area contributed by atoms with Gasteiger partial charge in [-0.15, -0.1) is 0 Å². The van der Waals surface area contributed by atoms with E-state index in [0.717, 1.165) is 51.4 Å². The topological polar surface area (TPSA) is 105 Å². The van der Waals surface area contributed by atoms with Gasteiger partial charge in [-0.3, -0.25) is 9.36 Å². The summed E-state index contributed by atoms with van der Waals surface area (Å²) in [5.74, 6) is -0.394. The van der Waals surface area contributed by atoms with E-state index in [1.165, 1.54) is 57.8 Å². The van der Waals surface area contributed by atoms with Crippen LogP contribution in [0, 0.1) is 0 Å². The quantitative estimate of drug-likeness (QED) is 0.0249. The van der Waals surface area contributed by atoms with Crippen LogP contribution in [0.15, 0.2) is 60.8 Å². The average Bonchev–Trinajstić information content (AvgIpc) is 3.01. The predicted octanol–water partition coefficient (Wildman–Crippen LogP) is 8.92. The SMILES string of the molecule is CC/C=C\C/C=C\C/C=C\C/C=C\C/C=C\CCCCCCCCCCCCCC(=O)OCC(O)COP(=O)([O-])OCC[N+](C)(C)C. The van der Waals surface area contributed by atoms with Gasteiger partial charge in [0.05, 0.1) is 27.7 Å². The maximum atomic E-state index is 11.9. The summed E-state index contributed by atoms with van der Waals surface area (Å²) >= 11 is 0. The van der Waals surface area contributed by atoms with E-state index in [4.69, 9.17) is 9.26 Å². The molecule has 47 heavy (non-hydrogen) atoms. The summed E-state index contributed by atoms with van der Waals surface area (Å²) in [6, 6.07) is 0. The zero-order valence-electron chi connectivity index (χ0n) is 30.2. The lowest BCUT2D eigenvalue weighted by Crippen LogP contribution is -2.37. The Kier molecular flexibility index (Phi) is 30.3. The molecule has 0 aliphatic rings. The van der Waals surface area contributed by atoms with E-state index in [1.54, 1.807) is 0 Å². The highest BCUT2D eigenvalue weighted by Gasteiger charge is 2.16. The normalized spacial score (nSPS) is 14.8. The summed E-state index contributed by atoms with van der Waals surface area (Å²) in [4.78, 5) is 23.6. The molecule has 0 amide bonds. The van der Waals surface area contributed by atoms with Crippen LogP contribution in [0.5, 0.6) is 0 Å². The molecular weight excluding hydrogens is 613 g/mol. The number of phosphoric ester groups is 1. The van der Waals surface area contributed by atoms with Gasteiger partial charge in [-0.2, -0.15) is 0 Å². The fraction of sp³-hybridized carbons (Fsp3) is 0.711. The van der Waals surface area contributed by atoms with Crippen molar-refractivity contribution in [1.82, 2.24) is 0 Å². The second kappa shape index (κ2) is 31.5. The van der Waals surface area contributed by atoms with E-state index in [0.29, 0.717) is 17.4 Å². The molecule has 0 aliphatic carbocycles. The molecule has 0 heterocycles. The first-order chi connectivity index (χ1) is 22.6. The number of carbonyl (C=O) groups is 1. The lowest BCUT2D eigenvalue weighted by Gasteiger charge is -2.27. The number of carbonyl (C=O) groups excluding carboxylic acids is 1. The number of aliphatic hydroxyl groups is 1. The number of unbranched alkanes of at least 4 members (excludes halogenated alkanes) is 11. The van der Waals surface area contributed by atoms with Crippen LogP contribution in [-0.4, -0.2) is 69.2 Å². The number of likely N-dealkylation sites (N-methyl/N-ethyl adjacent to an activating group) is 1. The number of ether oxygens (including phenoxy) is 1. The van der Waals surface area contributed by atoms with E-state index in [1.807, 2.05) is 21.1 Å². The number of aliphatic hydroxyl groups excluding tert-OH is 1. The monoisotopic (exact) mass is 681 g/mol.